The first kappa shape index (κ1) is 16.6. The van der Waals surface area contributed by atoms with Crippen molar-refractivity contribution in [2.24, 2.45) is 0 Å². The Morgan fingerprint density at radius 3 is 2.54 bits per heavy atom. The molecule has 1 unspecified atom stereocenters. The molecular formula is C21H18N4O3. The smallest absolute Gasteiger partial charge is 0.335 e. The lowest BCUT2D eigenvalue weighted by molar-refractivity contribution is 0.410. The van der Waals surface area contributed by atoms with Gasteiger partial charge in [0, 0.05) is 23.1 Å². The van der Waals surface area contributed by atoms with E-state index in [2.05, 4.69) is 15.3 Å². The van der Waals surface area contributed by atoms with Gasteiger partial charge in [0.05, 0.1) is 11.7 Å². The summed E-state index contributed by atoms with van der Waals surface area (Å²) in [4.78, 5) is 30.8. The fraction of sp³-hybridized carbons (Fsp3) is 0.143. The predicted octanol–water partition coefficient (Wildman–Crippen LogP) is 1.95. The minimum Gasteiger partial charge on any atom is -0.494 e. The van der Waals surface area contributed by atoms with Gasteiger partial charge in [0.1, 0.15) is 5.56 Å². The largest absolute Gasteiger partial charge is 0.494 e. The summed E-state index contributed by atoms with van der Waals surface area (Å²) in [5.74, 6) is -0.357. The van der Waals surface area contributed by atoms with Gasteiger partial charge < -0.3 is 15.4 Å². The number of aromatic amines is 2. The average Bonchev–Trinajstić information content (AvgIpc) is 3.08. The molecule has 0 saturated carbocycles. The fourth-order valence-corrected chi connectivity index (χ4v) is 4.04. The second kappa shape index (κ2) is 6.24. The normalized spacial score (nSPS) is 16.2. The number of hydrogen-bond acceptors (Lipinski definition) is 4. The molecule has 1 aliphatic heterocycles. The fourth-order valence-electron chi connectivity index (χ4n) is 4.04. The molecule has 0 bridgehead atoms. The molecule has 7 nitrogen and oxygen atoms in total. The third-order valence-electron chi connectivity index (χ3n) is 5.28. The monoisotopic (exact) mass is 374 g/mol. The number of fused-ring (bicyclic) bond motifs is 3. The van der Waals surface area contributed by atoms with Crippen LogP contribution in [-0.4, -0.2) is 26.2 Å². The van der Waals surface area contributed by atoms with Gasteiger partial charge in [0.25, 0.3) is 5.56 Å². The predicted molar refractivity (Wildman–Crippen MR) is 106 cm³/mol. The SMILES string of the molecule is O=c1[nH]c(=O)n(-c2ccccc2)c(O)c1C1NCCc2c1[nH]c1ccccc21. The molecule has 0 saturated heterocycles. The molecule has 3 heterocycles. The molecule has 5 rings (SSSR count). The zero-order chi connectivity index (χ0) is 19.3. The molecule has 4 N–H and O–H groups in total. The molecular weight excluding hydrogens is 356 g/mol. The Labute approximate surface area is 159 Å². The first-order valence-corrected chi connectivity index (χ1v) is 9.11. The Bertz CT molecular complexity index is 1300. The van der Waals surface area contributed by atoms with E-state index in [1.807, 2.05) is 30.3 Å². The van der Waals surface area contributed by atoms with Crippen LogP contribution in [0.1, 0.15) is 22.9 Å². The standard InChI is InChI=1S/C21H18N4O3/c26-19-16(20(27)25(21(28)24-19)12-6-2-1-3-7-12)18-17-14(10-11-22-18)13-8-4-5-9-15(13)23-17/h1-9,18,22-23,27H,10-11H2,(H,24,26,28). The maximum Gasteiger partial charge on any atom is 0.335 e. The highest BCUT2D eigenvalue weighted by Gasteiger charge is 2.31. The van der Waals surface area contributed by atoms with E-state index in [9.17, 15) is 14.7 Å². The summed E-state index contributed by atoms with van der Waals surface area (Å²) in [6.07, 6.45) is 0.812. The molecule has 2 aromatic heterocycles. The Balaban J connectivity index is 1.76. The van der Waals surface area contributed by atoms with Gasteiger partial charge in [0.2, 0.25) is 5.88 Å². The summed E-state index contributed by atoms with van der Waals surface area (Å²) in [6, 6.07) is 16.2. The number of rotatable bonds is 2. The van der Waals surface area contributed by atoms with Crippen molar-refractivity contribution in [3.63, 3.8) is 0 Å². The summed E-state index contributed by atoms with van der Waals surface area (Å²) >= 11 is 0. The van der Waals surface area contributed by atoms with Gasteiger partial charge >= 0.3 is 5.69 Å². The second-order valence-corrected chi connectivity index (χ2v) is 6.87. The Hall–Kier alpha value is -3.58. The molecule has 140 valence electrons. The van der Waals surface area contributed by atoms with Crippen molar-refractivity contribution in [3.05, 3.63) is 92.3 Å². The first-order chi connectivity index (χ1) is 13.6. The Kier molecular flexibility index (Phi) is 3.70. The van der Waals surface area contributed by atoms with E-state index < -0.39 is 17.3 Å². The minimum absolute atomic E-state index is 0.121. The van der Waals surface area contributed by atoms with Gasteiger partial charge in [-0.15, -0.1) is 0 Å². The third-order valence-corrected chi connectivity index (χ3v) is 5.28. The summed E-state index contributed by atoms with van der Waals surface area (Å²) in [5.41, 5.74) is 2.27. The highest BCUT2D eigenvalue weighted by Crippen LogP contribution is 2.35. The van der Waals surface area contributed by atoms with E-state index >= 15 is 0 Å². The number of para-hydroxylation sites is 2. The summed E-state index contributed by atoms with van der Waals surface area (Å²) in [7, 11) is 0. The van der Waals surface area contributed by atoms with Gasteiger partial charge in [-0.1, -0.05) is 36.4 Å². The quantitative estimate of drug-likeness (QED) is 0.431. The van der Waals surface area contributed by atoms with E-state index in [1.54, 1.807) is 24.3 Å². The second-order valence-electron chi connectivity index (χ2n) is 6.87. The van der Waals surface area contributed by atoms with Crippen molar-refractivity contribution in [2.45, 2.75) is 12.5 Å². The van der Waals surface area contributed by atoms with Crippen molar-refractivity contribution < 1.29 is 5.11 Å². The molecule has 1 aliphatic rings. The molecule has 7 heteroatoms. The molecule has 2 aromatic carbocycles. The van der Waals surface area contributed by atoms with Gasteiger partial charge in [-0.05, 0) is 30.2 Å². The van der Waals surface area contributed by atoms with E-state index in [-0.39, 0.29) is 11.4 Å². The zero-order valence-corrected chi connectivity index (χ0v) is 14.9. The zero-order valence-electron chi connectivity index (χ0n) is 14.9. The number of aromatic hydroxyl groups is 1. The van der Waals surface area contributed by atoms with Crippen molar-refractivity contribution in [3.8, 4) is 11.6 Å². The summed E-state index contributed by atoms with van der Waals surface area (Å²) in [5, 5.41) is 15.4. The summed E-state index contributed by atoms with van der Waals surface area (Å²) < 4.78 is 1.12. The average molecular weight is 374 g/mol. The van der Waals surface area contributed by atoms with E-state index in [4.69, 9.17) is 0 Å². The Morgan fingerprint density at radius 2 is 1.71 bits per heavy atom. The number of hydrogen-bond donors (Lipinski definition) is 4. The molecule has 28 heavy (non-hydrogen) atoms. The van der Waals surface area contributed by atoms with Crippen LogP contribution in [0.15, 0.2) is 64.2 Å². The maximum atomic E-state index is 12.7. The molecule has 0 spiro atoms. The van der Waals surface area contributed by atoms with Crippen molar-refractivity contribution >= 4 is 10.9 Å². The Morgan fingerprint density at radius 1 is 0.964 bits per heavy atom. The van der Waals surface area contributed by atoms with Crippen LogP contribution in [0, 0.1) is 0 Å². The van der Waals surface area contributed by atoms with Crippen LogP contribution in [0.3, 0.4) is 0 Å². The molecule has 0 fully saturated rings. The van der Waals surface area contributed by atoms with Gasteiger partial charge in [-0.25, -0.2) is 9.36 Å². The van der Waals surface area contributed by atoms with E-state index in [0.29, 0.717) is 12.2 Å². The van der Waals surface area contributed by atoms with Crippen LogP contribution in [0.25, 0.3) is 16.6 Å². The topological polar surface area (TPSA) is 103 Å². The lowest BCUT2D eigenvalue weighted by Crippen LogP contribution is -2.38. The molecule has 1 atom stereocenters. The number of H-pyrrole nitrogens is 2. The lowest BCUT2D eigenvalue weighted by Gasteiger charge is -2.25. The van der Waals surface area contributed by atoms with Crippen LogP contribution in [-0.2, 0) is 6.42 Å². The van der Waals surface area contributed by atoms with Crippen LogP contribution < -0.4 is 16.6 Å². The van der Waals surface area contributed by atoms with Crippen molar-refractivity contribution in [2.75, 3.05) is 6.54 Å². The van der Waals surface area contributed by atoms with Crippen molar-refractivity contribution in [1.29, 1.82) is 0 Å². The summed E-state index contributed by atoms with van der Waals surface area (Å²) in [6.45, 7) is 0.656. The number of benzene rings is 2. The van der Waals surface area contributed by atoms with E-state index in [0.717, 1.165) is 33.1 Å². The van der Waals surface area contributed by atoms with Gasteiger partial charge in [-0.2, -0.15) is 0 Å². The molecule has 0 amide bonds. The number of nitrogens with one attached hydrogen (secondary N) is 3. The van der Waals surface area contributed by atoms with Crippen LogP contribution in [0.2, 0.25) is 0 Å². The van der Waals surface area contributed by atoms with E-state index in [1.165, 1.54) is 0 Å². The maximum absolute atomic E-state index is 12.7. The van der Waals surface area contributed by atoms with Gasteiger partial charge in [0.15, 0.2) is 0 Å². The van der Waals surface area contributed by atoms with Crippen LogP contribution in [0.4, 0.5) is 0 Å². The molecule has 0 radical (unpaired) electrons. The number of nitrogens with zero attached hydrogens (tertiary/aromatic N) is 1. The van der Waals surface area contributed by atoms with Crippen molar-refractivity contribution in [1.82, 2.24) is 19.9 Å². The lowest BCUT2D eigenvalue weighted by atomic mass is 9.95. The molecule has 0 aliphatic carbocycles. The third kappa shape index (κ3) is 2.40. The number of aromatic nitrogens is 3. The van der Waals surface area contributed by atoms with Crippen LogP contribution in [0.5, 0.6) is 5.88 Å². The highest BCUT2D eigenvalue weighted by atomic mass is 16.3. The van der Waals surface area contributed by atoms with Gasteiger partial charge in [-0.3, -0.25) is 9.78 Å². The first-order valence-electron chi connectivity index (χ1n) is 9.11. The van der Waals surface area contributed by atoms with Crippen LogP contribution >= 0.6 is 0 Å². The molecule has 4 aromatic rings. The highest BCUT2D eigenvalue weighted by molar-refractivity contribution is 5.85. The minimum atomic E-state index is -0.676.